The lowest BCUT2D eigenvalue weighted by Crippen LogP contribution is -2.19. The summed E-state index contributed by atoms with van der Waals surface area (Å²) in [5.41, 5.74) is 10.2. The van der Waals surface area contributed by atoms with Gasteiger partial charge in [-0.15, -0.1) is 0 Å². The molecular formula is C15H15N3O2. The minimum absolute atomic E-state index is 0.155. The molecule has 5 heteroatoms. The van der Waals surface area contributed by atoms with Crippen LogP contribution < -0.4 is 11.2 Å². The van der Waals surface area contributed by atoms with E-state index in [4.69, 9.17) is 5.73 Å². The van der Waals surface area contributed by atoms with E-state index >= 15 is 0 Å². The molecule has 0 radical (unpaired) electrons. The average Bonchev–Trinajstić information content (AvgIpc) is 2.41. The fraction of sp³-hybridized carbons (Fsp3) is 0.0667. The maximum atomic E-state index is 11.6. The van der Waals surface area contributed by atoms with Gasteiger partial charge < -0.3 is 10.8 Å². The molecule has 0 saturated carbocycles. The molecule has 102 valence electrons. The summed E-state index contributed by atoms with van der Waals surface area (Å²) in [5, 5.41) is 13.1. The van der Waals surface area contributed by atoms with Gasteiger partial charge in [0.15, 0.2) is 0 Å². The Bertz CT molecular complexity index is 621. The second-order valence-electron chi connectivity index (χ2n) is 4.31. The highest BCUT2D eigenvalue weighted by atomic mass is 16.3. The number of amides is 1. The Kier molecular flexibility index (Phi) is 4.34. The molecule has 0 heterocycles. The fourth-order valence-electron chi connectivity index (χ4n) is 1.64. The van der Waals surface area contributed by atoms with Gasteiger partial charge >= 0.3 is 0 Å². The Morgan fingerprint density at radius 2 is 2.00 bits per heavy atom. The van der Waals surface area contributed by atoms with Crippen LogP contribution in [0.2, 0.25) is 0 Å². The number of aromatic hydroxyl groups is 1. The fourth-order valence-corrected chi connectivity index (χ4v) is 1.64. The van der Waals surface area contributed by atoms with Gasteiger partial charge in [0.2, 0.25) is 5.91 Å². The van der Waals surface area contributed by atoms with Crippen molar-refractivity contribution in [2.45, 2.75) is 6.42 Å². The molecule has 0 saturated heterocycles. The van der Waals surface area contributed by atoms with E-state index in [-0.39, 0.29) is 18.1 Å². The normalized spacial score (nSPS) is 10.6. The van der Waals surface area contributed by atoms with Gasteiger partial charge in [0, 0.05) is 5.69 Å². The Morgan fingerprint density at radius 1 is 1.25 bits per heavy atom. The van der Waals surface area contributed by atoms with Crippen LogP contribution in [0.25, 0.3) is 0 Å². The highest BCUT2D eigenvalue weighted by Gasteiger charge is 2.01. The lowest BCUT2D eigenvalue weighted by Gasteiger charge is -2.01. The zero-order valence-electron chi connectivity index (χ0n) is 10.8. The van der Waals surface area contributed by atoms with Gasteiger partial charge in [-0.25, -0.2) is 5.43 Å². The van der Waals surface area contributed by atoms with Crippen molar-refractivity contribution in [3.8, 4) is 5.75 Å². The molecule has 20 heavy (non-hydrogen) atoms. The number of nitrogens with one attached hydrogen (secondary N) is 1. The van der Waals surface area contributed by atoms with Crippen molar-refractivity contribution in [1.29, 1.82) is 0 Å². The van der Waals surface area contributed by atoms with Crippen molar-refractivity contribution >= 4 is 17.8 Å². The first kappa shape index (κ1) is 13.6. The van der Waals surface area contributed by atoms with Gasteiger partial charge in [-0.2, -0.15) is 5.10 Å². The number of nitrogens with zero attached hydrogens (tertiary/aromatic N) is 1. The van der Waals surface area contributed by atoms with Crippen LogP contribution in [0.4, 0.5) is 5.69 Å². The Balaban J connectivity index is 1.87. The minimum Gasteiger partial charge on any atom is -0.508 e. The smallest absolute Gasteiger partial charge is 0.244 e. The molecule has 0 atom stereocenters. The highest BCUT2D eigenvalue weighted by Crippen LogP contribution is 2.08. The topological polar surface area (TPSA) is 87.7 Å². The van der Waals surface area contributed by atoms with Crippen LogP contribution in [0.15, 0.2) is 53.6 Å². The number of benzene rings is 2. The molecule has 0 aliphatic carbocycles. The van der Waals surface area contributed by atoms with Gasteiger partial charge in [-0.05, 0) is 35.4 Å². The summed E-state index contributed by atoms with van der Waals surface area (Å²) in [6.45, 7) is 0. The van der Waals surface area contributed by atoms with Gasteiger partial charge in [-0.1, -0.05) is 24.3 Å². The van der Waals surface area contributed by atoms with E-state index in [0.29, 0.717) is 11.3 Å². The number of phenolic OH excluding ortho intramolecular Hbond substituents is 1. The summed E-state index contributed by atoms with van der Waals surface area (Å²) in [7, 11) is 0. The second kappa shape index (κ2) is 6.38. The summed E-state index contributed by atoms with van der Waals surface area (Å²) in [6.07, 6.45) is 1.71. The number of hydrogen-bond donors (Lipinski definition) is 3. The first-order chi connectivity index (χ1) is 9.63. The quantitative estimate of drug-likeness (QED) is 0.448. The van der Waals surface area contributed by atoms with Crippen molar-refractivity contribution in [1.82, 2.24) is 5.43 Å². The summed E-state index contributed by atoms with van der Waals surface area (Å²) in [5.74, 6) is -0.0617. The lowest BCUT2D eigenvalue weighted by molar-refractivity contribution is -0.120. The SMILES string of the molecule is Nc1ccc(CC(=O)N/N=C\c2cccc(O)c2)cc1. The molecule has 1 amide bonds. The third-order valence-corrected chi connectivity index (χ3v) is 2.62. The van der Waals surface area contributed by atoms with Crippen LogP contribution in [0.3, 0.4) is 0 Å². The van der Waals surface area contributed by atoms with Crippen LogP contribution in [-0.4, -0.2) is 17.2 Å². The predicted octanol–water partition coefficient (Wildman–Crippen LogP) is 1.67. The lowest BCUT2D eigenvalue weighted by atomic mass is 10.1. The molecule has 2 rings (SSSR count). The number of hydrazone groups is 1. The number of hydrogen-bond acceptors (Lipinski definition) is 4. The molecule has 0 fully saturated rings. The van der Waals surface area contributed by atoms with Crippen LogP contribution in [0, 0.1) is 0 Å². The van der Waals surface area contributed by atoms with E-state index in [0.717, 1.165) is 5.56 Å². The summed E-state index contributed by atoms with van der Waals surface area (Å²) in [6, 6.07) is 13.7. The number of rotatable bonds is 4. The molecule has 0 bridgehead atoms. The zero-order chi connectivity index (χ0) is 14.4. The molecule has 0 aliphatic rings. The van der Waals surface area contributed by atoms with Gasteiger partial charge in [0.1, 0.15) is 5.75 Å². The number of nitrogens with two attached hydrogens (primary N) is 1. The van der Waals surface area contributed by atoms with Gasteiger partial charge in [0.25, 0.3) is 0 Å². The molecule has 0 unspecified atom stereocenters. The van der Waals surface area contributed by atoms with Crippen molar-refractivity contribution in [2.24, 2.45) is 5.10 Å². The standard InChI is InChI=1S/C15H15N3O2/c16-13-6-4-11(5-7-13)9-15(20)18-17-10-12-2-1-3-14(19)8-12/h1-8,10,19H,9,16H2,(H,18,20)/b17-10-. The van der Waals surface area contributed by atoms with Crippen LogP contribution in [-0.2, 0) is 11.2 Å². The van der Waals surface area contributed by atoms with Crippen molar-refractivity contribution in [2.75, 3.05) is 5.73 Å². The first-order valence-corrected chi connectivity index (χ1v) is 6.09. The molecule has 5 nitrogen and oxygen atoms in total. The molecule has 0 spiro atoms. The predicted molar refractivity (Wildman–Crippen MR) is 78.4 cm³/mol. The third kappa shape index (κ3) is 4.13. The Labute approximate surface area is 116 Å². The summed E-state index contributed by atoms with van der Waals surface area (Å²) in [4.78, 5) is 11.6. The highest BCUT2D eigenvalue weighted by molar-refractivity contribution is 5.83. The molecule has 0 aromatic heterocycles. The van der Waals surface area contributed by atoms with Crippen molar-refractivity contribution in [3.63, 3.8) is 0 Å². The van der Waals surface area contributed by atoms with Crippen molar-refractivity contribution in [3.05, 3.63) is 59.7 Å². The zero-order valence-corrected chi connectivity index (χ0v) is 10.8. The molecular weight excluding hydrogens is 254 g/mol. The second-order valence-corrected chi connectivity index (χ2v) is 4.31. The Hall–Kier alpha value is -2.82. The largest absolute Gasteiger partial charge is 0.508 e. The monoisotopic (exact) mass is 269 g/mol. The number of phenols is 1. The van der Waals surface area contributed by atoms with Gasteiger partial charge in [0.05, 0.1) is 12.6 Å². The Morgan fingerprint density at radius 3 is 2.70 bits per heavy atom. The summed E-state index contributed by atoms with van der Waals surface area (Å²) >= 11 is 0. The molecule has 2 aromatic rings. The maximum Gasteiger partial charge on any atom is 0.244 e. The molecule has 0 aliphatic heterocycles. The molecule has 2 aromatic carbocycles. The minimum atomic E-state index is -0.217. The van der Waals surface area contributed by atoms with Crippen LogP contribution in [0.5, 0.6) is 5.75 Å². The first-order valence-electron chi connectivity index (χ1n) is 6.09. The summed E-state index contributed by atoms with van der Waals surface area (Å²) < 4.78 is 0. The van der Waals surface area contributed by atoms with Crippen molar-refractivity contribution < 1.29 is 9.90 Å². The molecule has 4 N–H and O–H groups in total. The van der Waals surface area contributed by atoms with E-state index in [1.165, 1.54) is 6.21 Å². The average molecular weight is 269 g/mol. The van der Waals surface area contributed by atoms with E-state index in [9.17, 15) is 9.90 Å². The third-order valence-electron chi connectivity index (χ3n) is 2.62. The maximum absolute atomic E-state index is 11.6. The van der Waals surface area contributed by atoms with Gasteiger partial charge in [-0.3, -0.25) is 4.79 Å². The number of carbonyl (C=O) groups excluding carboxylic acids is 1. The van der Waals surface area contributed by atoms with Crippen LogP contribution >= 0.6 is 0 Å². The van der Waals surface area contributed by atoms with E-state index in [1.54, 1.807) is 48.5 Å². The number of carbonyl (C=O) groups is 1. The van der Waals surface area contributed by atoms with E-state index in [2.05, 4.69) is 10.5 Å². The number of anilines is 1. The van der Waals surface area contributed by atoms with E-state index < -0.39 is 0 Å². The number of nitrogen functional groups attached to an aromatic ring is 1. The van der Waals surface area contributed by atoms with E-state index in [1.807, 2.05) is 0 Å². The van der Waals surface area contributed by atoms with Crippen LogP contribution in [0.1, 0.15) is 11.1 Å².